The van der Waals surface area contributed by atoms with E-state index in [1.807, 2.05) is 53.2 Å². The van der Waals surface area contributed by atoms with Gasteiger partial charge in [0.1, 0.15) is 5.82 Å². The molecule has 24 heavy (non-hydrogen) atoms. The van der Waals surface area contributed by atoms with Crippen molar-refractivity contribution < 1.29 is 0 Å². The third kappa shape index (κ3) is 6.07. The van der Waals surface area contributed by atoms with E-state index in [-0.39, 0.29) is 5.54 Å². The van der Waals surface area contributed by atoms with Gasteiger partial charge in [0.2, 0.25) is 5.95 Å². The van der Waals surface area contributed by atoms with E-state index in [2.05, 4.69) is 58.4 Å². The van der Waals surface area contributed by atoms with Gasteiger partial charge in [-0.1, -0.05) is 19.9 Å². The molecule has 0 fully saturated rings. The van der Waals surface area contributed by atoms with Gasteiger partial charge in [0.25, 0.3) is 0 Å². The second kappa shape index (κ2) is 8.52. The van der Waals surface area contributed by atoms with E-state index in [1.54, 1.807) is 0 Å². The number of nitrogens with zero attached hydrogens (tertiary/aromatic N) is 3. The summed E-state index contributed by atoms with van der Waals surface area (Å²) in [6, 6.07) is 8.23. The number of nitrogens with one attached hydrogen (secondary N) is 2. The standard InChI is InChI=1S/C17H25N5.C2H6/c1-12-11-18-16(21-17(2,3)4)20-15(12)19-13-8-7-9-14(10-13)22(5)6;1-2/h7-11H,1-6H3,(H2,18,19,20,21);1-2H3. The molecule has 0 unspecified atom stereocenters. The van der Waals surface area contributed by atoms with Crippen LogP contribution in [-0.2, 0) is 0 Å². The normalized spacial score (nSPS) is 10.5. The Balaban J connectivity index is 0.00000139. The molecule has 2 aromatic rings. The van der Waals surface area contributed by atoms with Gasteiger partial charge >= 0.3 is 0 Å². The maximum absolute atomic E-state index is 4.58. The summed E-state index contributed by atoms with van der Waals surface area (Å²) in [5.74, 6) is 1.45. The van der Waals surface area contributed by atoms with Gasteiger partial charge in [-0.2, -0.15) is 4.98 Å². The maximum Gasteiger partial charge on any atom is 0.225 e. The van der Waals surface area contributed by atoms with E-state index < -0.39 is 0 Å². The summed E-state index contributed by atoms with van der Waals surface area (Å²) in [4.78, 5) is 11.0. The molecule has 0 radical (unpaired) electrons. The molecule has 0 saturated carbocycles. The quantitative estimate of drug-likeness (QED) is 0.841. The molecule has 2 N–H and O–H groups in total. The lowest BCUT2D eigenvalue weighted by atomic mass is 10.1. The van der Waals surface area contributed by atoms with Crippen LogP contribution in [0.5, 0.6) is 0 Å². The van der Waals surface area contributed by atoms with E-state index in [9.17, 15) is 0 Å². The largest absolute Gasteiger partial charge is 0.378 e. The van der Waals surface area contributed by atoms with Crippen molar-refractivity contribution in [3.63, 3.8) is 0 Å². The highest BCUT2D eigenvalue weighted by atomic mass is 15.2. The molecule has 0 saturated heterocycles. The predicted molar refractivity (Wildman–Crippen MR) is 106 cm³/mol. The van der Waals surface area contributed by atoms with Gasteiger partial charge in [0, 0.05) is 42.8 Å². The highest BCUT2D eigenvalue weighted by Crippen LogP contribution is 2.23. The number of aryl methyl sites for hydroxylation is 1. The molecular formula is C19H31N5. The summed E-state index contributed by atoms with van der Waals surface area (Å²) in [6.07, 6.45) is 1.83. The fourth-order valence-electron chi connectivity index (χ4n) is 1.96. The first-order valence-corrected chi connectivity index (χ1v) is 8.41. The van der Waals surface area contributed by atoms with Gasteiger partial charge in [-0.25, -0.2) is 4.98 Å². The molecule has 1 aromatic carbocycles. The average molecular weight is 329 g/mol. The summed E-state index contributed by atoms with van der Waals surface area (Å²) in [5.41, 5.74) is 3.09. The number of anilines is 4. The summed E-state index contributed by atoms with van der Waals surface area (Å²) in [6.45, 7) is 12.3. The lowest BCUT2D eigenvalue weighted by molar-refractivity contribution is 0.626. The molecule has 0 aliphatic heterocycles. The predicted octanol–water partition coefficient (Wildman–Crippen LogP) is 4.83. The Bertz CT molecular complexity index is 644. The summed E-state index contributed by atoms with van der Waals surface area (Å²) in [5, 5.41) is 6.67. The number of aromatic nitrogens is 2. The molecule has 1 heterocycles. The molecule has 0 aliphatic rings. The van der Waals surface area contributed by atoms with Gasteiger partial charge in [-0.15, -0.1) is 0 Å². The first-order valence-electron chi connectivity index (χ1n) is 8.41. The second-order valence-electron chi connectivity index (χ2n) is 6.67. The highest BCUT2D eigenvalue weighted by molar-refractivity contribution is 5.65. The Morgan fingerprint density at radius 1 is 1.08 bits per heavy atom. The number of benzene rings is 1. The fraction of sp³-hybridized carbons (Fsp3) is 0.474. The van der Waals surface area contributed by atoms with Crippen LogP contribution in [0.4, 0.5) is 23.1 Å². The average Bonchev–Trinajstić information content (AvgIpc) is 2.51. The zero-order chi connectivity index (χ0) is 18.3. The number of hydrogen-bond acceptors (Lipinski definition) is 5. The van der Waals surface area contributed by atoms with Crippen LogP contribution >= 0.6 is 0 Å². The molecule has 5 heteroatoms. The minimum atomic E-state index is -0.0721. The Kier molecular flexibility index (Phi) is 7.01. The zero-order valence-corrected chi connectivity index (χ0v) is 16.2. The third-order valence-corrected chi connectivity index (χ3v) is 3.08. The van der Waals surface area contributed by atoms with Crippen LogP contribution in [0.25, 0.3) is 0 Å². The third-order valence-electron chi connectivity index (χ3n) is 3.08. The molecule has 0 atom stereocenters. The summed E-state index contributed by atoms with van der Waals surface area (Å²) < 4.78 is 0. The number of hydrogen-bond donors (Lipinski definition) is 2. The highest BCUT2D eigenvalue weighted by Gasteiger charge is 2.12. The monoisotopic (exact) mass is 329 g/mol. The molecule has 0 spiro atoms. The van der Waals surface area contributed by atoms with Crippen molar-refractivity contribution in [2.75, 3.05) is 29.6 Å². The van der Waals surface area contributed by atoms with Crippen LogP contribution in [0.1, 0.15) is 40.2 Å². The van der Waals surface area contributed by atoms with Crippen LogP contribution in [0, 0.1) is 6.92 Å². The lowest BCUT2D eigenvalue weighted by Gasteiger charge is -2.21. The Labute approximate surface area is 146 Å². The fourth-order valence-corrected chi connectivity index (χ4v) is 1.96. The van der Waals surface area contributed by atoms with E-state index in [1.165, 1.54) is 0 Å². The molecule has 1 aromatic heterocycles. The van der Waals surface area contributed by atoms with E-state index in [0.29, 0.717) is 5.95 Å². The molecular weight excluding hydrogens is 298 g/mol. The first-order chi connectivity index (χ1) is 11.2. The van der Waals surface area contributed by atoms with E-state index in [4.69, 9.17) is 0 Å². The Morgan fingerprint density at radius 2 is 1.75 bits per heavy atom. The number of rotatable bonds is 4. The summed E-state index contributed by atoms with van der Waals surface area (Å²) >= 11 is 0. The lowest BCUT2D eigenvalue weighted by Crippen LogP contribution is -2.27. The second-order valence-corrected chi connectivity index (χ2v) is 6.67. The van der Waals surface area contributed by atoms with Crippen molar-refractivity contribution in [1.29, 1.82) is 0 Å². The topological polar surface area (TPSA) is 53.1 Å². The Hall–Kier alpha value is -2.30. The van der Waals surface area contributed by atoms with E-state index >= 15 is 0 Å². The summed E-state index contributed by atoms with van der Waals surface area (Å²) in [7, 11) is 4.06. The van der Waals surface area contributed by atoms with E-state index in [0.717, 1.165) is 22.8 Å². The van der Waals surface area contributed by atoms with Crippen LogP contribution in [-0.4, -0.2) is 29.6 Å². The van der Waals surface area contributed by atoms with Gasteiger partial charge < -0.3 is 15.5 Å². The van der Waals surface area contributed by atoms with Crippen molar-refractivity contribution in [3.05, 3.63) is 36.0 Å². The molecule has 132 valence electrons. The van der Waals surface area contributed by atoms with Crippen molar-refractivity contribution in [2.45, 2.75) is 47.1 Å². The zero-order valence-electron chi connectivity index (χ0n) is 16.2. The molecule has 0 aliphatic carbocycles. The van der Waals surface area contributed by atoms with Gasteiger partial charge in [-0.3, -0.25) is 0 Å². The SMILES string of the molecule is CC.Cc1cnc(NC(C)(C)C)nc1Nc1cccc(N(C)C)c1. The minimum absolute atomic E-state index is 0.0721. The van der Waals surface area contributed by atoms with Crippen molar-refractivity contribution >= 4 is 23.1 Å². The maximum atomic E-state index is 4.58. The van der Waals surface area contributed by atoms with Crippen LogP contribution < -0.4 is 15.5 Å². The van der Waals surface area contributed by atoms with Crippen molar-refractivity contribution in [2.24, 2.45) is 0 Å². The van der Waals surface area contributed by atoms with Crippen LogP contribution in [0.3, 0.4) is 0 Å². The van der Waals surface area contributed by atoms with Crippen LogP contribution in [0.15, 0.2) is 30.5 Å². The first kappa shape index (κ1) is 19.7. The Morgan fingerprint density at radius 3 is 2.33 bits per heavy atom. The van der Waals surface area contributed by atoms with Gasteiger partial charge in [0.05, 0.1) is 0 Å². The van der Waals surface area contributed by atoms with Gasteiger partial charge in [0.15, 0.2) is 0 Å². The molecule has 0 amide bonds. The van der Waals surface area contributed by atoms with Crippen LogP contribution in [0.2, 0.25) is 0 Å². The van der Waals surface area contributed by atoms with Crippen molar-refractivity contribution in [1.82, 2.24) is 9.97 Å². The van der Waals surface area contributed by atoms with Gasteiger partial charge in [-0.05, 0) is 45.9 Å². The smallest absolute Gasteiger partial charge is 0.225 e. The minimum Gasteiger partial charge on any atom is -0.378 e. The molecule has 5 nitrogen and oxygen atoms in total. The molecule has 0 bridgehead atoms. The molecule has 2 rings (SSSR count). The van der Waals surface area contributed by atoms with Crippen molar-refractivity contribution in [3.8, 4) is 0 Å².